The molecule has 0 radical (unpaired) electrons. The zero-order chi connectivity index (χ0) is 14.1. The lowest BCUT2D eigenvalue weighted by molar-refractivity contribution is -0.00125. The third-order valence-electron chi connectivity index (χ3n) is 3.95. The van der Waals surface area contributed by atoms with Crippen LogP contribution >= 0.6 is 11.6 Å². The van der Waals surface area contributed by atoms with E-state index in [1.54, 1.807) is 0 Å². The first kappa shape index (κ1) is 13.7. The third-order valence-corrected chi connectivity index (χ3v) is 4.17. The summed E-state index contributed by atoms with van der Waals surface area (Å²) in [5, 5.41) is 13.4. The standard InChI is InChI=1S/C14H17ClN2O3/c15-10-5-9-1-2-16-7-12(9)11(6-10)13-8-20-4-3-17(13)14(18)19/h5-6,13,16H,1-4,7-8H2,(H,18,19). The topological polar surface area (TPSA) is 61.8 Å². The van der Waals surface area contributed by atoms with Crippen molar-refractivity contribution in [2.75, 3.05) is 26.3 Å². The van der Waals surface area contributed by atoms with Gasteiger partial charge >= 0.3 is 6.09 Å². The number of hydrogen-bond donors (Lipinski definition) is 2. The molecule has 0 spiro atoms. The quantitative estimate of drug-likeness (QED) is 0.832. The third kappa shape index (κ3) is 2.49. The Morgan fingerprint density at radius 2 is 2.35 bits per heavy atom. The maximum absolute atomic E-state index is 11.4. The molecule has 5 nitrogen and oxygen atoms in total. The highest BCUT2D eigenvalue weighted by atomic mass is 35.5. The molecule has 2 aliphatic rings. The molecular formula is C14H17ClN2O3. The molecule has 1 unspecified atom stereocenters. The molecule has 3 rings (SSSR count). The lowest BCUT2D eigenvalue weighted by atomic mass is 9.91. The number of ether oxygens (including phenoxy) is 1. The van der Waals surface area contributed by atoms with Gasteiger partial charge in [0.2, 0.25) is 0 Å². The van der Waals surface area contributed by atoms with Crippen molar-refractivity contribution in [3.8, 4) is 0 Å². The summed E-state index contributed by atoms with van der Waals surface area (Å²) in [5.41, 5.74) is 3.35. The van der Waals surface area contributed by atoms with Crippen LogP contribution < -0.4 is 5.32 Å². The number of hydrogen-bond acceptors (Lipinski definition) is 3. The van der Waals surface area contributed by atoms with Gasteiger partial charge in [-0.1, -0.05) is 11.6 Å². The average molecular weight is 297 g/mol. The lowest BCUT2D eigenvalue weighted by Crippen LogP contribution is -2.43. The summed E-state index contributed by atoms with van der Waals surface area (Å²) in [6, 6.07) is 3.59. The Hall–Kier alpha value is -1.30. The molecule has 108 valence electrons. The van der Waals surface area contributed by atoms with Gasteiger partial charge < -0.3 is 15.2 Å². The minimum atomic E-state index is -0.907. The summed E-state index contributed by atoms with van der Waals surface area (Å²) >= 11 is 6.20. The molecule has 1 saturated heterocycles. The van der Waals surface area contributed by atoms with Crippen LogP contribution in [-0.4, -0.2) is 42.4 Å². The van der Waals surface area contributed by atoms with Crippen molar-refractivity contribution in [3.05, 3.63) is 33.8 Å². The number of amides is 1. The van der Waals surface area contributed by atoms with Gasteiger partial charge in [0.15, 0.2) is 0 Å². The summed E-state index contributed by atoms with van der Waals surface area (Å²) in [6.07, 6.45) is 0.0135. The number of halogens is 1. The molecule has 0 bridgehead atoms. The monoisotopic (exact) mass is 296 g/mol. The molecule has 0 aromatic heterocycles. The molecule has 1 amide bonds. The number of benzene rings is 1. The predicted molar refractivity (Wildman–Crippen MR) is 75.2 cm³/mol. The van der Waals surface area contributed by atoms with E-state index in [1.165, 1.54) is 16.0 Å². The lowest BCUT2D eigenvalue weighted by Gasteiger charge is -2.36. The zero-order valence-corrected chi connectivity index (χ0v) is 11.8. The van der Waals surface area contributed by atoms with Crippen LogP contribution in [0.4, 0.5) is 4.79 Å². The van der Waals surface area contributed by atoms with E-state index in [0.717, 1.165) is 25.1 Å². The summed E-state index contributed by atoms with van der Waals surface area (Å²) in [5.74, 6) is 0. The van der Waals surface area contributed by atoms with Crippen LogP contribution in [0.1, 0.15) is 22.7 Å². The first-order valence-electron chi connectivity index (χ1n) is 6.76. The Kier molecular flexibility index (Phi) is 3.83. The fraction of sp³-hybridized carbons (Fsp3) is 0.500. The smallest absolute Gasteiger partial charge is 0.407 e. The van der Waals surface area contributed by atoms with Gasteiger partial charge in [0.25, 0.3) is 0 Å². The van der Waals surface area contributed by atoms with Crippen molar-refractivity contribution in [3.63, 3.8) is 0 Å². The summed E-state index contributed by atoms with van der Waals surface area (Å²) in [6.45, 7) is 2.92. The minimum Gasteiger partial charge on any atom is -0.465 e. The van der Waals surface area contributed by atoms with E-state index in [1.807, 2.05) is 12.1 Å². The Morgan fingerprint density at radius 1 is 1.50 bits per heavy atom. The highest BCUT2D eigenvalue weighted by Crippen LogP contribution is 2.32. The molecule has 0 saturated carbocycles. The second-order valence-electron chi connectivity index (χ2n) is 5.13. The van der Waals surface area contributed by atoms with Crippen molar-refractivity contribution in [2.45, 2.75) is 19.0 Å². The van der Waals surface area contributed by atoms with Gasteiger partial charge in [0, 0.05) is 18.1 Å². The average Bonchev–Trinajstić information content (AvgIpc) is 2.46. The zero-order valence-electron chi connectivity index (χ0n) is 11.1. The molecular weight excluding hydrogens is 280 g/mol. The van der Waals surface area contributed by atoms with Crippen LogP contribution in [0.25, 0.3) is 0 Å². The molecule has 1 atom stereocenters. The maximum Gasteiger partial charge on any atom is 0.407 e. The summed E-state index contributed by atoms with van der Waals surface area (Å²) in [7, 11) is 0. The normalized spacial score (nSPS) is 22.4. The molecule has 1 aromatic carbocycles. The minimum absolute atomic E-state index is 0.270. The van der Waals surface area contributed by atoms with Crippen LogP contribution in [0.3, 0.4) is 0 Å². The van der Waals surface area contributed by atoms with Gasteiger partial charge in [-0.3, -0.25) is 4.90 Å². The van der Waals surface area contributed by atoms with Crippen LogP contribution in [0.5, 0.6) is 0 Å². The second kappa shape index (κ2) is 5.60. The van der Waals surface area contributed by atoms with Crippen LogP contribution in [-0.2, 0) is 17.7 Å². The van der Waals surface area contributed by atoms with E-state index < -0.39 is 6.09 Å². The van der Waals surface area contributed by atoms with Crippen LogP contribution in [0.15, 0.2) is 12.1 Å². The van der Waals surface area contributed by atoms with Gasteiger partial charge in [-0.05, 0) is 41.8 Å². The van der Waals surface area contributed by atoms with Gasteiger partial charge in [0.05, 0.1) is 19.3 Å². The molecule has 2 aliphatic heterocycles. The number of carbonyl (C=O) groups is 1. The van der Waals surface area contributed by atoms with Crippen molar-refractivity contribution in [1.29, 1.82) is 0 Å². The van der Waals surface area contributed by atoms with Crippen molar-refractivity contribution in [2.24, 2.45) is 0 Å². The summed E-state index contributed by atoms with van der Waals surface area (Å²) < 4.78 is 5.48. The molecule has 1 aromatic rings. The van der Waals surface area contributed by atoms with Crippen LogP contribution in [0, 0.1) is 0 Å². The number of morpholine rings is 1. The molecule has 6 heteroatoms. The summed E-state index contributed by atoms with van der Waals surface area (Å²) in [4.78, 5) is 12.9. The second-order valence-corrected chi connectivity index (χ2v) is 5.56. The fourth-order valence-corrected chi connectivity index (χ4v) is 3.23. The number of rotatable bonds is 1. The van der Waals surface area contributed by atoms with E-state index >= 15 is 0 Å². The SMILES string of the molecule is O=C(O)N1CCOCC1c1cc(Cl)cc2c1CNCC2. The van der Waals surface area contributed by atoms with Crippen molar-refractivity contribution >= 4 is 17.7 Å². The fourth-order valence-electron chi connectivity index (χ4n) is 2.98. The van der Waals surface area contributed by atoms with Crippen molar-refractivity contribution in [1.82, 2.24) is 10.2 Å². The Morgan fingerprint density at radius 3 is 3.15 bits per heavy atom. The van der Waals surface area contributed by atoms with E-state index in [9.17, 15) is 9.90 Å². The molecule has 0 aliphatic carbocycles. The molecule has 20 heavy (non-hydrogen) atoms. The first-order chi connectivity index (χ1) is 9.66. The maximum atomic E-state index is 11.4. The number of nitrogens with zero attached hydrogens (tertiary/aromatic N) is 1. The first-order valence-corrected chi connectivity index (χ1v) is 7.14. The van der Waals surface area contributed by atoms with Gasteiger partial charge in [-0.15, -0.1) is 0 Å². The largest absolute Gasteiger partial charge is 0.465 e. The number of nitrogens with one attached hydrogen (secondary N) is 1. The van der Waals surface area contributed by atoms with Crippen LogP contribution in [0.2, 0.25) is 5.02 Å². The highest BCUT2D eigenvalue weighted by molar-refractivity contribution is 6.30. The predicted octanol–water partition coefficient (Wildman–Crippen LogP) is 2.04. The number of carboxylic acid groups (broad SMARTS) is 1. The Balaban J connectivity index is 2.03. The number of fused-ring (bicyclic) bond motifs is 1. The van der Waals surface area contributed by atoms with Gasteiger partial charge in [0.1, 0.15) is 0 Å². The molecule has 2 heterocycles. The molecule has 2 N–H and O–H groups in total. The van der Waals surface area contributed by atoms with Crippen molar-refractivity contribution < 1.29 is 14.6 Å². The molecule has 1 fully saturated rings. The van der Waals surface area contributed by atoms with E-state index in [-0.39, 0.29) is 6.04 Å². The Bertz CT molecular complexity index is 535. The van der Waals surface area contributed by atoms with Gasteiger partial charge in [-0.25, -0.2) is 4.79 Å². The van der Waals surface area contributed by atoms with Gasteiger partial charge in [-0.2, -0.15) is 0 Å². The van der Waals surface area contributed by atoms with E-state index in [0.29, 0.717) is 24.8 Å². The van der Waals surface area contributed by atoms with E-state index in [4.69, 9.17) is 16.3 Å². The van der Waals surface area contributed by atoms with E-state index in [2.05, 4.69) is 5.32 Å². The Labute approximate surface area is 122 Å². The highest BCUT2D eigenvalue weighted by Gasteiger charge is 2.31.